The first kappa shape index (κ1) is 14.5. The summed E-state index contributed by atoms with van der Waals surface area (Å²) in [6.45, 7) is 5.34. The van der Waals surface area contributed by atoms with Crippen molar-refractivity contribution >= 4 is 11.8 Å². The standard InChI is InChI=1S/C16H20O5/c1-8-6-16(20-4)11(10(3)14(18)21-16)7-15(19)9(2)5-12(17)13(8)15/h5,8,13,19H,6-7H2,1-4H3. The second-order valence-electron chi connectivity index (χ2n) is 6.44. The maximum atomic E-state index is 12.2. The second-order valence-corrected chi connectivity index (χ2v) is 6.44. The number of ether oxygens (including phenoxy) is 2. The molecular weight excluding hydrogens is 272 g/mol. The highest BCUT2D eigenvalue weighted by Gasteiger charge is 2.60. The number of esters is 1. The predicted octanol–water partition coefficient (Wildman–Crippen LogP) is 1.51. The van der Waals surface area contributed by atoms with Crippen molar-refractivity contribution in [2.75, 3.05) is 7.11 Å². The van der Waals surface area contributed by atoms with Crippen molar-refractivity contribution in [2.24, 2.45) is 11.8 Å². The number of fused-ring (bicyclic) bond motifs is 2. The number of carbonyl (C=O) groups is 2. The number of hydrogen-bond donors (Lipinski definition) is 1. The van der Waals surface area contributed by atoms with Crippen LogP contribution in [0.4, 0.5) is 0 Å². The zero-order valence-corrected chi connectivity index (χ0v) is 12.7. The van der Waals surface area contributed by atoms with Crippen LogP contribution in [-0.2, 0) is 19.1 Å². The van der Waals surface area contributed by atoms with Crippen LogP contribution < -0.4 is 0 Å². The molecule has 0 bridgehead atoms. The molecule has 0 aromatic carbocycles. The van der Waals surface area contributed by atoms with E-state index in [-0.39, 0.29) is 18.1 Å². The van der Waals surface area contributed by atoms with Gasteiger partial charge >= 0.3 is 5.97 Å². The number of hydrogen-bond acceptors (Lipinski definition) is 5. The van der Waals surface area contributed by atoms with Crippen LogP contribution in [0.1, 0.15) is 33.6 Å². The van der Waals surface area contributed by atoms with Gasteiger partial charge in [0.25, 0.3) is 0 Å². The Bertz CT molecular complexity index is 602. The van der Waals surface area contributed by atoms with E-state index in [0.717, 1.165) is 0 Å². The highest BCUT2D eigenvalue weighted by molar-refractivity contribution is 5.98. The Balaban J connectivity index is 2.17. The van der Waals surface area contributed by atoms with Gasteiger partial charge < -0.3 is 14.6 Å². The third-order valence-electron chi connectivity index (χ3n) is 5.27. The fourth-order valence-corrected chi connectivity index (χ4v) is 4.10. The zero-order chi connectivity index (χ0) is 15.6. The minimum atomic E-state index is -1.25. The van der Waals surface area contributed by atoms with Gasteiger partial charge in [0.05, 0.1) is 5.92 Å². The molecule has 0 spiro atoms. The number of carbonyl (C=O) groups excluding carboxylic acids is 2. The largest absolute Gasteiger partial charge is 0.426 e. The van der Waals surface area contributed by atoms with Gasteiger partial charge in [-0.05, 0) is 31.4 Å². The van der Waals surface area contributed by atoms with Crippen LogP contribution in [0, 0.1) is 11.8 Å². The summed E-state index contributed by atoms with van der Waals surface area (Å²) in [7, 11) is 1.49. The SMILES string of the molecule is COC12CC(C)C3C(=O)C=C(C)C3(O)CC1=C(C)C(=O)O2. The number of ketones is 1. The Morgan fingerprint density at radius 3 is 2.67 bits per heavy atom. The molecule has 3 aliphatic rings. The highest BCUT2D eigenvalue weighted by Crippen LogP contribution is 2.53. The van der Waals surface area contributed by atoms with Crippen LogP contribution in [0.25, 0.3) is 0 Å². The molecule has 3 rings (SSSR count). The molecule has 1 N–H and O–H groups in total. The van der Waals surface area contributed by atoms with Crippen LogP contribution in [0.3, 0.4) is 0 Å². The smallest absolute Gasteiger partial charge is 0.336 e. The van der Waals surface area contributed by atoms with Gasteiger partial charge in [-0.3, -0.25) is 4.79 Å². The third-order valence-corrected chi connectivity index (χ3v) is 5.27. The molecule has 0 aromatic heterocycles. The van der Waals surface area contributed by atoms with Crippen molar-refractivity contribution < 1.29 is 24.2 Å². The molecule has 2 aliphatic carbocycles. The lowest BCUT2D eigenvalue weighted by Crippen LogP contribution is -2.41. The summed E-state index contributed by atoms with van der Waals surface area (Å²) in [5, 5.41) is 11.1. The van der Waals surface area contributed by atoms with Crippen molar-refractivity contribution in [2.45, 2.75) is 45.0 Å². The first-order chi connectivity index (χ1) is 9.75. The van der Waals surface area contributed by atoms with Gasteiger partial charge in [0.1, 0.15) is 5.60 Å². The van der Waals surface area contributed by atoms with Crippen molar-refractivity contribution in [1.82, 2.24) is 0 Å². The van der Waals surface area contributed by atoms with E-state index in [9.17, 15) is 14.7 Å². The Morgan fingerprint density at radius 1 is 1.38 bits per heavy atom. The third kappa shape index (κ3) is 1.71. The fraction of sp³-hybridized carbons (Fsp3) is 0.625. The summed E-state index contributed by atoms with van der Waals surface area (Å²) in [4.78, 5) is 24.2. The van der Waals surface area contributed by atoms with E-state index in [1.165, 1.54) is 13.2 Å². The van der Waals surface area contributed by atoms with E-state index in [2.05, 4.69) is 0 Å². The molecule has 114 valence electrons. The Hall–Kier alpha value is -1.46. The lowest BCUT2D eigenvalue weighted by molar-refractivity contribution is -0.198. The zero-order valence-electron chi connectivity index (χ0n) is 12.7. The van der Waals surface area contributed by atoms with Gasteiger partial charge in [0, 0.05) is 31.1 Å². The maximum absolute atomic E-state index is 12.2. The molecule has 4 atom stereocenters. The van der Waals surface area contributed by atoms with Crippen LogP contribution in [-0.4, -0.2) is 35.4 Å². The second kappa shape index (κ2) is 4.27. The molecule has 0 radical (unpaired) electrons. The molecule has 1 heterocycles. The highest BCUT2D eigenvalue weighted by atomic mass is 16.7. The van der Waals surface area contributed by atoms with E-state index in [4.69, 9.17) is 9.47 Å². The summed E-state index contributed by atoms with van der Waals surface area (Å²) >= 11 is 0. The number of rotatable bonds is 1. The molecule has 0 amide bonds. The van der Waals surface area contributed by atoms with Crippen LogP contribution >= 0.6 is 0 Å². The molecule has 1 fully saturated rings. The average molecular weight is 292 g/mol. The van der Waals surface area contributed by atoms with Crippen LogP contribution in [0.5, 0.6) is 0 Å². The lowest BCUT2D eigenvalue weighted by Gasteiger charge is -2.32. The molecule has 1 saturated carbocycles. The normalized spacial score (nSPS) is 42.4. The summed E-state index contributed by atoms with van der Waals surface area (Å²) < 4.78 is 11.0. The van der Waals surface area contributed by atoms with Crippen molar-refractivity contribution in [3.63, 3.8) is 0 Å². The van der Waals surface area contributed by atoms with Gasteiger partial charge in [-0.2, -0.15) is 0 Å². The van der Waals surface area contributed by atoms with Crippen molar-refractivity contribution in [3.05, 3.63) is 22.8 Å². The Labute approximate surface area is 123 Å². The van der Waals surface area contributed by atoms with E-state index in [0.29, 0.717) is 23.1 Å². The molecule has 1 aliphatic heterocycles. The molecule has 5 heteroatoms. The minimum absolute atomic E-state index is 0.0571. The number of allylic oxidation sites excluding steroid dienone is 1. The van der Waals surface area contributed by atoms with E-state index in [1.807, 2.05) is 6.92 Å². The monoisotopic (exact) mass is 292 g/mol. The predicted molar refractivity (Wildman–Crippen MR) is 74.1 cm³/mol. The average Bonchev–Trinajstić information content (AvgIpc) is 2.72. The molecule has 0 saturated heterocycles. The first-order valence-corrected chi connectivity index (χ1v) is 7.19. The van der Waals surface area contributed by atoms with Gasteiger partial charge in [-0.25, -0.2) is 4.79 Å². The summed E-state index contributed by atoms with van der Waals surface area (Å²) in [5.74, 6) is -2.27. The van der Waals surface area contributed by atoms with Gasteiger partial charge in [0.15, 0.2) is 5.78 Å². The van der Waals surface area contributed by atoms with Gasteiger partial charge in [-0.1, -0.05) is 6.92 Å². The summed E-state index contributed by atoms with van der Waals surface area (Å²) in [6.07, 6.45) is 2.09. The minimum Gasteiger partial charge on any atom is -0.426 e. The van der Waals surface area contributed by atoms with E-state index in [1.54, 1.807) is 13.8 Å². The number of methoxy groups -OCH3 is 1. The van der Waals surface area contributed by atoms with E-state index < -0.39 is 23.3 Å². The van der Waals surface area contributed by atoms with Gasteiger partial charge in [0.2, 0.25) is 5.79 Å². The molecule has 4 unspecified atom stereocenters. The molecular formula is C16H20O5. The van der Waals surface area contributed by atoms with Gasteiger partial charge in [-0.15, -0.1) is 0 Å². The number of aliphatic hydroxyl groups is 1. The van der Waals surface area contributed by atoms with Crippen molar-refractivity contribution in [3.8, 4) is 0 Å². The topological polar surface area (TPSA) is 72.8 Å². The summed E-state index contributed by atoms with van der Waals surface area (Å²) in [6, 6.07) is 0. The quantitative estimate of drug-likeness (QED) is 0.742. The lowest BCUT2D eigenvalue weighted by atomic mass is 9.76. The fourth-order valence-electron chi connectivity index (χ4n) is 4.10. The first-order valence-electron chi connectivity index (χ1n) is 7.19. The molecule has 0 aromatic rings. The van der Waals surface area contributed by atoms with Crippen LogP contribution in [0.15, 0.2) is 22.8 Å². The molecule has 5 nitrogen and oxygen atoms in total. The molecule has 21 heavy (non-hydrogen) atoms. The summed E-state index contributed by atoms with van der Waals surface area (Å²) in [5.41, 5.74) is 0.539. The Kier molecular flexibility index (Phi) is 2.94. The maximum Gasteiger partial charge on any atom is 0.336 e. The van der Waals surface area contributed by atoms with Crippen molar-refractivity contribution in [1.29, 1.82) is 0 Å². The van der Waals surface area contributed by atoms with Crippen LogP contribution in [0.2, 0.25) is 0 Å². The van der Waals surface area contributed by atoms with E-state index >= 15 is 0 Å². The Morgan fingerprint density at radius 2 is 2.05 bits per heavy atom.